The summed E-state index contributed by atoms with van der Waals surface area (Å²) in [5, 5.41) is 4.28. The highest BCUT2D eigenvalue weighted by Crippen LogP contribution is 2.31. The monoisotopic (exact) mass is 464 g/mol. The van der Waals surface area contributed by atoms with Crippen LogP contribution in [-0.2, 0) is 9.53 Å². The van der Waals surface area contributed by atoms with Gasteiger partial charge in [-0.1, -0.05) is 30.3 Å². The minimum absolute atomic E-state index is 0.00772. The highest BCUT2D eigenvalue weighted by atomic mass is 16.6. The lowest BCUT2D eigenvalue weighted by atomic mass is 9.90. The van der Waals surface area contributed by atoms with E-state index in [4.69, 9.17) is 9.47 Å². The molecule has 2 aromatic carbocycles. The van der Waals surface area contributed by atoms with Crippen molar-refractivity contribution in [1.82, 2.24) is 20.1 Å². The molecule has 1 atom stereocenters. The number of hydrogen-bond acceptors (Lipinski definition) is 5. The Labute approximate surface area is 199 Å². The zero-order valence-corrected chi connectivity index (χ0v) is 19.8. The number of aromatic amines is 1. The van der Waals surface area contributed by atoms with Gasteiger partial charge in [-0.15, -0.1) is 0 Å². The van der Waals surface area contributed by atoms with Crippen LogP contribution in [0.1, 0.15) is 24.0 Å². The van der Waals surface area contributed by atoms with Crippen LogP contribution in [0.2, 0.25) is 0 Å². The van der Waals surface area contributed by atoms with E-state index in [2.05, 4.69) is 27.3 Å². The number of piperazine rings is 1. The second kappa shape index (κ2) is 11.1. The predicted octanol–water partition coefficient (Wildman–Crippen LogP) is 3.20. The topological polar surface area (TPSA) is 86.9 Å². The van der Waals surface area contributed by atoms with E-state index in [-0.39, 0.29) is 17.9 Å². The van der Waals surface area contributed by atoms with E-state index in [1.165, 1.54) is 0 Å². The number of benzene rings is 2. The van der Waals surface area contributed by atoms with Gasteiger partial charge in [0, 0.05) is 55.7 Å². The van der Waals surface area contributed by atoms with Crippen molar-refractivity contribution in [3.63, 3.8) is 0 Å². The van der Waals surface area contributed by atoms with Crippen molar-refractivity contribution < 1.29 is 19.1 Å². The van der Waals surface area contributed by atoms with Gasteiger partial charge in [-0.3, -0.25) is 9.69 Å². The third-order valence-corrected chi connectivity index (χ3v) is 6.28. The van der Waals surface area contributed by atoms with E-state index >= 15 is 0 Å². The molecule has 0 spiro atoms. The molecule has 1 aromatic heterocycles. The molecule has 1 saturated heterocycles. The highest BCUT2D eigenvalue weighted by molar-refractivity contribution is 5.84. The van der Waals surface area contributed by atoms with Crippen molar-refractivity contribution in [3.8, 4) is 5.75 Å². The Balaban J connectivity index is 1.41. The average molecular weight is 465 g/mol. The lowest BCUT2D eigenvalue weighted by molar-refractivity contribution is -0.122. The second-order valence-corrected chi connectivity index (χ2v) is 8.38. The number of nitrogens with one attached hydrogen (secondary N) is 2. The highest BCUT2D eigenvalue weighted by Gasteiger charge is 2.24. The molecule has 0 bridgehead atoms. The number of amides is 2. The summed E-state index contributed by atoms with van der Waals surface area (Å²) in [5.74, 6) is 0.766. The summed E-state index contributed by atoms with van der Waals surface area (Å²) in [6.45, 7) is 5.38. The third-order valence-electron chi connectivity index (χ3n) is 6.28. The zero-order chi connectivity index (χ0) is 23.9. The molecule has 2 heterocycles. The quantitative estimate of drug-likeness (QED) is 0.535. The largest absolute Gasteiger partial charge is 0.497 e. The first kappa shape index (κ1) is 23.6. The Kier molecular flexibility index (Phi) is 7.69. The molecule has 0 unspecified atom stereocenters. The number of H-pyrrole nitrogens is 1. The van der Waals surface area contributed by atoms with Gasteiger partial charge in [0.25, 0.3) is 0 Å². The molecular weight excluding hydrogens is 432 g/mol. The third kappa shape index (κ3) is 5.51. The number of carbonyl (C=O) groups excluding carboxylic acids is 2. The number of hydrogen-bond donors (Lipinski definition) is 2. The molecule has 3 aromatic rings. The number of ether oxygens (including phenoxy) is 2. The molecule has 180 valence electrons. The normalized spacial score (nSPS) is 15.2. The zero-order valence-electron chi connectivity index (χ0n) is 19.8. The Morgan fingerprint density at radius 3 is 2.50 bits per heavy atom. The molecule has 2 N–H and O–H groups in total. The summed E-state index contributed by atoms with van der Waals surface area (Å²) < 4.78 is 10.4. The van der Waals surface area contributed by atoms with Gasteiger partial charge < -0.3 is 24.7 Å². The van der Waals surface area contributed by atoms with Crippen molar-refractivity contribution >= 4 is 22.9 Å². The molecule has 0 aliphatic carbocycles. The molecule has 0 radical (unpaired) electrons. The number of para-hydroxylation sites is 1. The SMILES string of the molecule is CCOC(=O)N1CCN(CC(=O)NC[C@@H](c2ccc(OC)cc2)c2c[nH]c3ccccc23)CC1. The van der Waals surface area contributed by atoms with Gasteiger partial charge in [-0.25, -0.2) is 4.79 Å². The molecule has 4 rings (SSSR count). The van der Waals surface area contributed by atoms with Crippen LogP contribution in [0.3, 0.4) is 0 Å². The van der Waals surface area contributed by atoms with Crippen LogP contribution in [0.25, 0.3) is 10.9 Å². The van der Waals surface area contributed by atoms with Crippen LogP contribution < -0.4 is 10.1 Å². The number of methoxy groups -OCH3 is 1. The number of rotatable bonds is 8. The van der Waals surface area contributed by atoms with E-state index in [1.807, 2.05) is 42.6 Å². The summed E-state index contributed by atoms with van der Waals surface area (Å²) >= 11 is 0. The molecule has 2 amide bonds. The average Bonchev–Trinajstić information content (AvgIpc) is 3.29. The van der Waals surface area contributed by atoms with E-state index in [9.17, 15) is 9.59 Å². The van der Waals surface area contributed by atoms with Gasteiger partial charge in [0.1, 0.15) is 5.75 Å². The first-order valence-electron chi connectivity index (χ1n) is 11.7. The molecule has 1 aliphatic heterocycles. The van der Waals surface area contributed by atoms with Gasteiger partial charge in [0.15, 0.2) is 0 Å². The first-order chi connectivity index (χ1) is 16.6. The minimum Gasteiger partial charge on any atom is -0.497 e. The van der Waals surface area contributed by atoms with Crippen LogP contribution in [0.15, 0.2) is 54.7 Å². The van der Waals surface area contributed by atoms with E-state index in [0.29, 0.717) is 45.9 Å². The molecular formula is C26H32N4O4. The van der Waals surface area contributed by atoms with Crippen LogP contribution >= 0.6 is 0 Å². The Morgan fingerprint density at radius 2 is 1.79 bits per heavy atom. The summed E-state index contributed by atoms with van der Waals surface area (Å²) in [4.78, 5) is 31.8. The fraction of sp³-hybridized carbons (Fsp3) is 0.385. The standard InChI is InChI=1S/C26H32N4O4/c1-3-34-26(32)30-14-12-29(13-15-30)18-25(31)28-16-22(19-8-10-20(33-2)11-9-19)23-17-27-24-7-5-4-6-21(23)24/h4-11,17,22,27H,3,12-16,18H2,1-2H3,(H,28,31)/t22-/m0/s1. The fourth-order valence-corrected chi connectivity index (χ4v) is 4.40. The van der Waals surface area contributed by atoms with E-state index in [1.54, 1.807) is 18.9 Å². The summed E-state index contributed by atoms with van der Waals surface area (Å²) in [6.07, 6.45) is 1.74. The maximum absolute atomic E-state index is 12.8. The van der Waals surface area contributed by atoms with E-state index in [0.717, 1.165) is 27.8 Å². The van der Waals surface area contributed by atoms with Gasteiger partial charge >= 0.3 is 6.09 Å². The molecule has 1 fully saturated rings. The first-order valence-corrected chi connectivity index (χ1v) is 11.7. The van der Waals surface area contributed by atoms with Crippen LogP contribution in [-0.4, -0.2) is 79.8 Å². The van der Waals surface area contributed by atoms with E-state index < -0.39 is 0 Å². The molecule has 8 nitrogen and oxygen atoms in total. The molecule has 1 aliphatic rings. The van der Waals surface area contributed by atoms with Gasteiger partial charge in [-0.2, -0.15) is 0 Å². The molecule has 0 saturated carbocycles. The summed E-state index contributed by atoms with van der Waals surface area (Å²) in [7, 11) is 1.65. The number of carbonyl (C=O) groups is 2. The maximum atomic E-state index is 12.8. The Bertz CT molecular complexity index is 1100. The van der Waals surface area contributed by atoms with Crippen molar-refractivity contribution in [3.05, 3.63) is 65.9 Å². The lowest BCUT2D eigenvalue weighted by Crippen LogP contribution is -2.51. The number of aromatic nitrogens is 1. The fourth-order valence-electron chi connectivity index (χ4n) is 4.40. The predicted molar refractivity (Wildman–Crippen MR) is 131 cm³/mol. The Hall–Kier alpha value is -3.52. The molecule has 34 heavy (non-hydrogen) atoms. The van der Waals surface area contributed by atoms with Crippen molar-refractivity contribution in [1.29, 1.82) is 0 Å². The smallest absolute Gasteiger partial charge is 0.409 e. The lowest BCUT2D eigenvalue weighted by Gasteiger charge is -2.33. The maximum Gasteiger partial charge on any atom is 0.409 e. The van der Waals surface area contributed by atoms with Gasteiger partial charge in [-0.05, 0) is 36.2 Å². The number of nitrogens with zero attached hydrogens (tertiary/aromatic N) is 2. The van der Waals surface area contributed by atoms with Crippen molar-refractivity contribution in [2.75, 3.05) is 53.0 Å². The Morgan fingerprint density at radius 1 is 1.06 bits per heavy atom. The van der Waals surface area contributed by atoms with Crippen LogP contribution in [0, 0.1) is 0 Å². The molecule has 8 heteroatoms. The minimum atomic E-state index is -0.285. The number of fused-ring (bicyclic) bond motifs is 1. The van der Waals surface area contributed by atoms with Crippen LogP contribution in [0.5, 0.6) is 5.75 Å². The van der Waals surface area contributed by atoms with Gasteiger partial charge in [0.05, 0.1) is 20.3 Å². The second-order valence-electron chi connectivity index (χ2n) is 8.38. The summed E-state index contributed by atoms with van der Waals surface area (Å²) in [5.41, 5.74) is 3.32. The van der Waals surface area contributed by atoms with Gasteiger partial charge in [0.2, 0.25) is 5.91 Å². The van der Waals surface area contributed by atoms with Crippen LogP contribution in [0.4, 0.5) is 4.79 Å². The van der Waals surface area contributed by atoms with Crippen molar-refractivity contribution in [2.24, 2.45) is 0 Å². The summed E-state index contributed by atoms with van der Waals surface area (Å²) in [6, 6.07) is 16.2. The van der Waals surface area contributed by atoms with Crippen molar-refractivity contribution in [2.45, 2.75) is 12.8 Å².